The Morgan fingerprint density at radius 3 is 2.09 bits per heavy atom. The number of carbonyl (C=O) groups is 2. The van der Waals surface area contributed by atoms with Crippen molar-refractivity contribution in [1.29, 1.82) is 0 Å². The first kappa shape index (κ1) is 23.7. The zero-order valence-corrected chi connectivity index (χ0v) is 13.6. The second-order valence-corrected chi connectivity index (χ2v) is 4.78. The molecule has 0 aromatic rings. The average molecular weight is 363 g/mol. The number of hydrogen-bond donors (Lipinski definition) is 5. The number of rotatable bonds is 10. The third kappa shape index (κ3) is 8.79. The van der Waals surface area contributed by atoms with Gasteiger partial charge in [-0.3, -0.25) is 4.79 Å². The van der Waals surface area contributed by atoms with Crippen LogP contribution in [0, 0.1) is 0 Å². The van der Waals surface area contributed by atoms with Crippen LogP contribution in [0.15, 0.2) is 0 Å². The van der Waals surface area contributed by atoms with Crippen LogP contribution in [0.25, 0.3) is 0 Å². The van der Waals surface area contributed by atoms with Crippen LogP contribution in [-0.4, -0.2) is 68.5 Å². The van der Waals surface area contributed by atoms with Gasteiger partial charge in [0.15, 0.2) is 6.10 Å². The fraction of sp³-hybridized carbons (Fsp3) is 0.846. The molecule has 22 heavy (non-hydrogen) atoms. The van der Waals surface area contributed by atoms with Gasteiger partial charge in [-0.25, -0.2) is 4.79 Å². The first-order chi connectivity index (χ1) is 9.84. The maximum absolute atomic E-state index is 11.4. The molecule has 9 heteroatoms. The molecule has 4 atom stereocenters. The summed E-state index contributed by atoms with van der Waals surface area (Å²) in [6.45, 7) is 1.14. The molecule has 0 aromatic heterocycles. The van der Waals surface area contributed by atoms with Crippen LogP contribution in [-0.2, 0) is 31.4 Å². The number of carbonyl (C=O) groups excluding carboxylic acids is 2. The van der Waals surface area contributed by atoms with E-state index in [0.717, 1.165) is 19.3 Å². The van der Waals surface area contributed by atoms with Crippen molar-refractivity contribution in [1.82, 2.24) is 0 Å². The van der Waals surface area contributed by atoms with E-state index in [1.165, 1.54) is 0 Å². The van der Waals surface area contributed by atoms with Crippen molar-refractivity contribution in [3.8, 4) is 0 Å². The van der Waals surface area contributed by atoms with Crippen molar-refractivity contribution >= 4 is 11.9 Å². The van der Waals surface area contributed by atoms with E-state index in [1.54, 1.807) is 0 Å². The predicted molar refractivity (Wildman–Crippen MR) is 71.0 cm³/mol. The molecule has 0 rings (SSSR count). The summed E-state index contributed by atoms with van der Waals surface area (Å²) in [5, 5.41) is 45.9. The second-order valence-electron chi connectivity index (χ2n) is 4.78. The van der Waals surface area contributed by atoms with Gasteiger partial charge in [0.1, 0.15) is 18.3 Å². The Kier molecular flexibility index (Phi) is 14.0. The Balaban J connectivity index is 0. The molecule has 0 aliphatic heterocycles. The zero-order chi connectivity index (χ0) is 16.4. The monoisotopic (exact) mass is 363 g/mol. The molecule has 0 aromatic carbocycles. The first-order valence-corrected chi connectivity index (χ1v) is 6.92. The third-order valence-electron chi connectivity index (χ3n) is 2.95. The van der Waals surface area contributed by atoms with E-state index in [-0.39, 0.29) is 23.5 Å². The zero-order valence-electron chi connectivity index (χ0n) is 12.4. The fourth-order valence-electron chi connectivity index (χ4n) is 1.58. The molecule has 8 nitrogen and oxygen atoms in total. The van der Waals surface area contributed by atoms with E-state index < -0.39 is 43.0 Å². The van der Waals surface area contributed by atoms with Gasteiger partial charge in [-0.15, -0.1) is 0 Å². The molecule has 0 aliphatic rings. The van der Waals surface area contributed by atoms with Gasteiger partial charge in [-0.2, -0.15) is 0 Å². The number of ether oxygens (including phenoxy) is 1. The minimum absolute atomic E-state index is 0. The summed E-state index contributed by atoms with van der Waals surface area (Å²) in [4.78, 5) is 22.7. The number of esters is 2. The molecule has 5 N–H and O–H groups in total. The van der Waals surface area contributed by atoms with E-state index in [4.69, 9.17) is 10.2 Å². The summed E-state index contributed by atoms with van der Waals surface area (Å²) in [7, 11) is 0. The van der Waals surface area contributed by atoms with Crippen molar-refractivity contribution < 1.29 is 56.9 Å². The van der Waals surface area contributed by atoms with Crippen LogP contribution in [0.5, 0.6) is 0 Å². The standard InChI is InChI=1S/C13H24O8.Mn/c1-2-3-4-5-6-9(16)21-13(20)12(19)11(18)10(17)8(15)7-14;/h8,10-12,14-15,17-19H,2-7H2,1H3;/t8-,10-,11+,12-;/m1./s1. The fourth-order valence-corrected chi connectivity index (χ4v) is 1.58. The number of hydrogen-bond acceptors (Lipinski definition) is 8. The summed E-state index contributed by atoms with van der Waals surface area (Å²) >= 11 is 0. The maximum atomic E-state index is 11.4. The Morgan fingerprint density at radius 2 is 1.59 bits per heavy atom. The summed E-state index contributed by atoms with van der Waals surface area (Å²) in [6.07, 6.45) is -4.64. The van der Waals surface area contributed by atoms with Crippen molar-refractivity contribution in [2.45, 2.75) is 63.4 Å². The quantitative estimate of drug-likeness (QED) is 0.136. The van der Waals surface area contributed by atoms with Crippen molar-refractivity contribution in [2.75, 3.05) is 6.61 Å². The van der Waals surface area contributed by atoms with Gasteiger partial charge in [-0.1, -0.05) is 26.2 Å². The van der Waals surface area contributed by atoms with Crippen molar-refractivity contribution in [2.24, 2.45) is 0 Å². The van der Waals surface area contributed by atoms with Crippen LogP contribution in [0.1, 0.15) is 39.0 Å². The van der Waals surface area contributed by atoms with E-state index in [9.17, 15) is 24.9 Å². The molecule has 0 saturated heterocycles. The number of aliphatic hydroxyl groups is 5. The SMILES string of the molecule is CCCCCCC(=O)OC(=O)[C@H](O)[C@@H](O)[C@H](O)[C@H](O)CO.[Mn]. The van der Waals surface area contributed by atoms with E-state index in [0.29, 0.717) is 6.42 Å². The smallest absolute Gasteiger partial charge is 0.345 e. The summed E-state index contributed by atoms with van der Waals surface area (Å²) in [5.74, 6) is -2.24. The maximum Gasteiger partial charge on any atom is 0.345 e. The number of unbranched alkanes of at least 4 members (excludes halogenated alkanes) is 3. The van der Waals surface area contributed by atoms with Gasteiger partial charge in [0, 0.05) is 23.5 Å². The van der Waals surface area contributed by atoms with E-state index in [1.807, 2.05) is 6.92 Å². The van der Waals surface area contributed by atoms with Crippen LogP contribution in [0.4, 0.5) is 0 Å². The molecule has 0 saturated carbocycles. The molecule has 0 amide bonds. The van der Waals surface area contributed by atoms with Gasteiger partial charge in [0.05, 0.1) is 6.61 Å². The van der Waals surface area contributed by atoms with Crippen molar-refractivity contribution in [3.63, 3.8) is 0 Å². The molecule has 0 spiro atoms. The van der Waals surface area contributed by atoms with Gasteiger partial charge < -0.3 is 30.3 Å². The predicted octanol–water partition coefficient (Wildman–Crippen LogP) is -1.54. The minimum Gasteiger partial charge on any atom is -0.394 e. The first-order valence-electron chi connectivity index (χ1n) is 6.92. The summed E-state index contributed by atoms with van der Waals surface area (Å²) in [5.41, 5.74) is 0. The summed E-state index contributed by atoms with van der Waals surface area (Å²) < 4.78 is 4.33. The molecular formula is C13H24MnO8. The van der Waals surface area contributed by atoms with Gasteiger partial charge in [-0.05, 0) is 6.42 Å². The van der Waals surface area contributed by atoms with E-state index >= 15 is 0 Å². The Bertz CT molecular complexity index is 325. The minimum atomic E-state index is -2.19. The molecule has 131 valence electrons. The Labute approximate surface area is 139 Å². The molecule has 0 unspecified atom stereocenters. The molecule has 1 radical (unpaired) electrons. The molecule has 0 bridgehead atoms. The topological polar surface area (TPSA) is 145 Å². The van der Waals surface area contributed by atoms with E-state index in [2.05, 4.69) is 4.74 Å². The Hall–Kier alpha value is -0.541. The van der Waals surface area contributed by atoms with Gasteiger partial charge >= 0.3 is 11.9 Å². The van der Waals surface area contributed by atoms with Crippen LogP contribution in [0.3, 0.4) is 0 Å². The van der Waals surface area contributed by atoms with Gasteiger partial charge in [0.25, 0.3) is 0 Å². The van der Waals surface area contributed by atoms with Crippen LogP contribution >= 0.6 is 0 Å². The molecule has 0 heterocycles. The molecular weight excluding hydrogens is 339 g/mol. The van der Waals surface area contributed by atoms with Crippen LogP contribution in [0.2, 0.25) is 0 Å². The average Bonchev–Trinajstić information content (AvgIpc) is 2.48. The molecule has 0 fully saturated rings. The number of aliphatic hydroxyl groups excluding tert-OH is 5. The second kappa shape index (κ2) is 12.9. The Morgan fingerprint density at radius 1 is 1.00 bits per heavy atom. The normalized spacial score (nSPS) is 16.1. The molecule has 0 aliphatic carbocycles. The van der Waals surface area contributed by atoms with Crippen molar-refractivity contribution in [3.05, 3.63) is 0 Å². The van der Waals surface area contributed by atoms with Crippen LogP contribution < -0.4 is 0 Å². The summed E-state index contributed by atoms with van der Waals surface area (Å²) in [6, 6.07) is 0. The largest absolute Gasteiger partial charge is 0.394 e. The third-order valence-corrected chi connectivity index (χ3v) is 2.95. The van der Waals surface area contributed by atoms with Gasteiger partial charge in [0.2, 0.25) is 0 Å².